The van der Waals surface area contributed by atoms with Gasteiger partial charge in [-0.3, -0.25) is 14.4 Å². The molecular weight excluding hydrogens is 798 g/mol. The number of nitrogen functional groups attached to an aromatic ring is 2. The van der Waals surface area contributed by atoms with E-state index in [-0.39, 0.29) is 47.6 Å². The van der Waals surface area contributed by atoms with Gasteiger partial charge in [0, 0.05) is 75.6 Å². The van der Waals surface area contributed by atoms with Crippen LogP contribution in [0.5, 0.6) is 0 Å². The number of anilines is 3. The van der Waals surface area contributed by atoms with Crippen molar-refractivity contribution >= 4 is 46.2 Å². The quantitative estimate of drug-likeness (QED) is 0.0906. The summed E-state index contributed by atoms with van der Waals surface area (Å²) in [5, 5.41) is 17.5. The minimum Gasteiger partial charge on any atom is -0.390 e. The zero-order valence-electron chi connectivity index (χ0n) is 35.7. The first-order chi connectivity index (χ1) is 29.7. The molecule has 332 valence electrons. The lowest BCUT2D eigenvalue weighted by molar-refractivity contribution is -0.179. The van der Waals surface area contributed by atoms with Crippen molar-refractivity contribution in [1.29, 1.82) is 0 Å². The van der Waals surface area contributed by atoms with Gasteiger partial charge in [-0.05, 0) is 100 Å². The summed E-state index contributed by atoms with van der Waals surface area (Å²) in [6, 6.07) is 7.32. The molecule has 1 saturated heterocycles. The third-order valence-corrected chi connectivity index (χ3v) is 14.1. The van der Waals surface area contributed by atoms with Gasteiger partial charge in [-0.1, -0.05) is 18.6 Å². The van der Waals surface area contributed by atoms with Crippen molar-refractivity contribution in [3.63, 3.8) is 0 Å². The number of epoxide rings is 1. The molecule has 7 N–H and O–H groups in total. The van der Waals surface area contributed by atoms with Crippen molar-refractivity contribution < 1.29 is 38.1 Å². The molecule has 0 bridgehead atoms. The third kappa shape index (κ3) is 7.60. The predicted molar refractivity (Wildman–Crippen MR) is 229 cm³/mol. The van der Waals surface area contributed by atoms with Gasteiger partial charge in [-0.15, -0.1) is 0 Å². The summed E-state index contributed by atoms with van der Waals surface area (Å²) >= 11 is 0. The summed E-state index contributed by atoms with van der Waals surface area (Å²) in [6.07, 6.45) is 9.71. The monoisotopic (exact) mass is 855 g/mol. The number of allylic oxidation sites excluding steroid dienone is 4. The first kappa shape index (κ1) is 43.5. The minimum absolute atomic E-state index is 0.0462. The van der Waals surface area contributed by atoms with Gasteiger partial charge in [0.15, 0.2) is 34.0 Å². The molecule has 2 amide bonds. The van der Waals surface area contributed by atoms with Crippen LogP contribution in [0.1, 0.15) is 81.3 Å². The van der Waals surface area contributed by atoms with E-state index in [0.29, 0.717) is 101 Å². The number of hydrogen-bond acceptors (Lipinski definition) is 14. The molecule has 1 spiro atoms. The highest BCUT2D eigenvalue weighted by Gasteiger charge is 2.88. The molecule has 3 saturated carbocycles. The number of ether oxygens (including phenoxy) is 3. The topological polar surface area (TPSA) is 233 Å². The molecule has 17 heteroatoms. The minimum atomic E-state index is -1.94. The van der Waals surface area contributed by atoms with Gasteiger partial charge in [-0.2, -0.15) is 9.97 Å². The Labute approximate surface area is 360 Å². The Morgan fingerprint density at radius 3 is 2.42 bits per heavy atom. The fourth-order valence-electron chi connectivity index (χ4n) is 10.9. The summed E-state index contributed by atoms with van der Waals surface area (Å²) in [4.78, 5) is 57.4. The van der Waals surface area contributed by atoms with E-state index in [1.165, 1.54) is 12.2 Å². The van der Waals surface area contributed by atoms with Gasteiger partial charge in [-0.25, -0.2) is 14.4 Å². The van der Waals surface area contributed by atoms with E-state index >= 15 is 4.39 Å². The maximum absolute atomic E-state index is 17.3. The van der Waals surface area contributed by atoms with Gasteiger partial charge in [0.25, 0.3) is 11.8 Å². The molecule has 4 fully saturated rings. The van der Waals surface area contributed by atoms with Crippen LogP contribution in [0.4, 0.5) is 21.8 Å². The van der Waals surface area contributed by atoms with Gasteiger partial charge in [0.05, 0.1) is 24.5 Å². The average Bonchev–Trinajstić information content (AvgIpc) is 3.86. The first-order valence-electron chi connectivity index (χ1n) is 21.8. The molecule has 16 nitrogen and oxygen atoms in total. The number of benzene rings is 1. The number of nitrogens with zero attached hydrogens (tertiary/aromatic N) is 5. The molecule has 8 rings (SSSR count). The fourth-order valence-corrected chi connectivity index (χ4v) is 10.9. The van der Waals surface area contributed by atoms with Gasteiger partial charge >= 0.3 is 0 Å². The van der Waals surface area contributed by atoms with Crippen LogP contribution in [0.2, 0.25) is 0 Å². The summed E-state index contributed by atoms with van der Waals surface area (Å²) < 4.78 is 35.3. The summed E-state index contributed by atoms with van der Waals surface area (Å²) in [7, 11) is 1.92. The zero-order chi connectivity index (χ0) is 43.9. The van der Waals surface area contributed by atoms with Crippen LogP contribution in [-0.4, -0.2) is 112 Å². The summed E-state index contributed by atoms with van der Waals surface area (Å²) in [5.74, 6) is -1.05. The van der Waals surface area contributed by atoms with Crippen molar-refractivity contribution in [3.8, 4) is 0 Å². The Kier molecular flexibility index (Phi) is 12.1. The molecule has 0 radical (unpaired) electrons. The second-order valence-electron chi connectivity index (χ2n) is 17.8. The van der Waals surface area contributed by atoms with E-state index in [4.69, 9.17) is 25.7 Å². The molecule has 3 heterocycles. The van der Waals surface area contributed by atoms with Crippen molar-refractivity contribution in [3.05, 3.63) is 65.5 Å². The lowest BCUT2D eigenvalue weighted by Gasteiger charge is -2.59. The number of aliphatic hydroxyl groups excluding tert-OH is 1. The van der Waals surface area contributed by atoms with Gasteiger partial charge in [0.1, 0.15) is 5.60 Å². The highest BCUT2D eigenvalue weighted by molar-refractivity contribution is 6.01. The second-order valence-corrected chi connectivity index (χ2v) is 17.8. The summed E-state index contributed by atoms with van der Waals surface area (Å²) in [5.41, 5.74) is 10.3. The van der Waals surface area contributed by atoms with Crippen molar-refractivity contribution in [2.75, 3.05) is 62.9 Å². The Morgan fingerprint density at radius 1 is 1.00 bits per heavy atom. The Morgan fingerprint density at radius 2 is 1.69 bits per heavy atom. The van der Waals surface area contributed by atoms with Crippen LogP contribution >= 0.6 is 0 Å². The number of unbranched alkanes of at least 4 members (excludes halogenated alkanes) is 1. The molecule has 3 aromatic rings. The number of hydrogen-bond donors (Lipinski definition) is 5. The summed E-state index contributed by atoms with van der Waals surface area (Å²) in [6.45, 7) is 7.38. The number of aromatic nitrogens is 4. The van der Waals surface area contributed by atoms with E-state index in [2.05, 4.69) is 30.6 Å². The van der Waals surface area contributed by atoms with E-state index < -0.39 is 34.3 Å². The molecule has 2 aromatic heterocycles. The number of alkyl halides is 1. The van der Waals surface area contributed by atoms with Crippen molar-refractivity contribution in [2.45, 2.75) is 94.7 Å². The van der Waals surface area contributed by atoms with Crippen molar-refractivity contribution in [2.24, 2.45) is 23.2 Å². The van der Waals surface area contributed by atoms with Crippen LogP contribution in [0.25, 0.3) is 11.2 Å². The van der Waals surface area contributed by atoms with E-state index in [9.17, 15) is 19.5 Å². The maximum atomic E-state index is 17.3. The molecule has 1 aliphatic heterocycles. The molecule has 4 aliphatic carbocycles. The molecule has 5 aliphatic rings. The standard InChI is InChI=1S/C45H58FN9O7/c1-27-22-34-33-13-10-29-23-32(56)14-15-42(29,2)44(33,46)35(57)24-43(34)45(27,62-43)40(59)50-17-7-21-61-19-5-4-18-60-20-6-16-49-39(58)28-8-11-31(12-9-28)55(3)26-30-25-51-38-36(52-30)37(47)53-41(48)54-38/h8-9,11-12,14-15,23,25,27,33-35,57H,4-7,10,13,16-22,24,26H2,1-3H3,(H,49,58)(H,50,59)(H4,47,48,51,53,54)/t27-,33?,34+,35+,42+,43-,44+,45+/m1/s1. The molecule has 8 atom stereocenters. The van der Waals surface area contributed by atoms with Crippen LogP contribution < -0.4 is 27.0 Å². The maximum Gasteiger partial charge on any atom is 0.255 e. The molecular formula is C45H58FN9O7. The number of carbonyl (C=O) groups is 3. The Bertz CT molecular complexity index is 2260. The number of halogens is 1. The van der Waals surface area contributed by atoms with E-state index in [1.807, 2.05) is 31.0 Å². The molecule has 62 heavy (non-hydrogen) atoms. The second kappa shape index (κ2) is 17.2. The van der Waals surface area contributed by atoms with Crippen LogP contribution in [0, 0.1) is 23.2 Å². The zero-order valence-corrected chi connectivity index (χ0v) is 35.7. The number of amides is 2. The normalized spacial score (nSPS) is 30.5. The van der Waals surface area contributed by atoms with Gasteiger partial charge in [0.2, 0.25) is 5.95 Å². The van der Waals surface area contributed by atoms with E-state index in [1.54, 1.807) is 31.3 Å². The lowest BCUT2D eigenvalue weighted by atomic mass is 9.48. The number of rotatable bonds is 18. The van der Waals surface area contributed by atoms with Gasteiger partial charge < -0.3 is 46.3 Å². The number of ketones is 1. The Balaban J connectivity index is 0.666. The molecule has 1 unspecified atom stereocenters. The number of aliphatic hydroxyl groups is 1. The molecule has 1 aromatic carbocycles. The smallest absolute Gasteiger partial charge is 0.255 e. The fraction of sp³-hybridized carbons (Fsp3) is 0.578. The third-order valence-electron chi connectivity index (χ3n) is 14.1. The van der Waals surface area contributed by atoms with E-state index in [0.717, 1.165) is 24.1 Å². The highest BCUT2D eigenvalue weighted by Crippen LogP contribution is 2.76. The SMILES string of the molecule is C[C@@H]1C[C@H]2C3CCC4=CC(=O)C=C[C@]4(C)[C@@]3(F)[C@@H](O)C[C@@]23O[C@]13C(=O)NCCCOCCCCOCCCNC(=O)c1ccc(N(C)Cc2cnc3nc(N)nc(N)c3n2)cc1. The highest BCUT2D eigenvalue weighted by atomic mass is 19.1. The van der Waals surface area contributed by atoms with Crippen LogP contribution in [-0.2, 0) is 30.3 Å². The largest absolute Gasteiger partial charge is 0.390 e. The number of carbonyl (C=O) groups excluding carboxylic acids is 3. The number of nitrogens with two attached hydrogens (primary N) is 2. The van der Waals surface area contributed by atoms with Crippen molar-refractivity contribution in [1.82, 2.24) is 30.6 Å². The predicted octanol–water partition coefficient (Wildman–Crippen LogP) is 3.78. The van der Waals surface area contributed by atoms with Crippen LogP contribution in [0.3, 0.4) is 0 Å². The number of fused-ring (bicyclic) bond motifs is 5. The Hall–Kier alpha value is -5.10. The lowest BCUT2D eigenvalue weighted by Crippen LogP contribution is -2.67. The average molecular weight is 856 g/mol. The van der Waals surface area contributed by atoms with Crippen LogP contribution in [0.15, 0.2) is 54.3 Å². The first-order valence-corrected chi connectivity index (χ1v) is 21.8. The number of nitrogens with one attached hydrogen (secondary N) is 2.